The molecular weight excluding hydrogens is 328 g/mol. The summed E-state index contributed by atoms with van der Waals surface area (Å²) in [6.45, 7) is 6.98. The van der Waals surface area contributed by atoms with E-state index in [1.807, 2.05) is 4.90 Å². The first kappa shape index (κ1) is 19.3. The molecule has 0 spiro atoms. The molecule has 0 unspecified atom stereocenters. The molecule has 0 aliphatic carbocycles. The number of carbonyl (C=O) groups is 1. The van der Waals surface area contributed by atoms with E-state index in [1.165, 1.54) is 16.7 Å². The van der Waals surface area contributed by atoms with E-state index in [0.717, 1.165) is 38.8 Å². The monoisotopic (exact) mass is 360 g/mol. The second kappa shape index (κ2) is 8.51. The highest BCUT2D eigenvalue weighted by molar-refractivity contribution is 5.76. The van der Waals surface area contributed by atoms with Crippen molar-refractivity contribution < 1.29 is 15.0 Å². The lowest BCUT2D eigenvalue weighted by Crippen LogP contribution is -2.57. The van der Waals surface area contributed by atoms with E-state index in [-0.39, 0.29) is 18.1 Å². The van der Waals surface area contributed by atoms with Gasteiger partial charge in [-0.05, 0) is 45.1 Å². The third kappa shape index (κ3) is 4.84. The van der Waals surface area contributed by atoms with E-state index < -0.39 is 6.10 Å². The van der Waals surface area contributed by atoms with Crippen LogP contribution in [-0.2, 0) is 11.2 Å². The molecule has 0 saturated carbocycles. The van der Waals surface area contributed by atoms with Gasteiger partial charge in [0.25, 0.3) is 0 Å². The van der Waals surface area contributed by atoms with Gasteiger partial charge in [0.05, 0.1) is 12.2 Å². The van der Waals surface area contributed by atoms with E-state index in [9.17, 15) is 15.0 Å². The van der Waals surface area contributed by atoms with Crippen molar-refractivity contribution in [1.82, 2.24) is 9.80 Å². The molecule has 0 aromatic heterocycles. The van der Waals surface area contributed by atoms with E-state index in [0.29, 0.717) is 19.5 Å². The predicted molar refractivity (Wildman–Crippen MR) is 102 cm³/mol. The molecule has 2 aliphatic rings. The summed E-state index contributed by atoms with van der Waals surface area (Å²) in [5, 5.41) is 20.2. The minimum absolute atomic E-state index is 0.117. The van der Waals surface area contributed by atoms with Gasteiger partial charge >= 0.3 is 0 Å². The Kier molecular flexibility index (Phi) is 6.33. The number of rotatable bonds is 4. The normalized spacial score (nSPS) is 25.5. The molecule has 5 heteroatoms. The highest BCUT2D eigenvalue weighted by Gasteiger charge is 2.35. The van der Waals surface area contributed by atoms with Crippen LogP contribution in [0.15, 0.2) is 18.2 Å². The molecular formula is C21H32N2O3. The number of hydrogen-bond donors (Lipinski definition) is 2. The van der Waals surface area contributed by atoms with Crippen LogP contribution in [0.3, 0.4) is 0 Å². The van der Waals surface area contributed by atoms with Gasteiger partial charge < -0.3 is 15.1 Å². The average Bonchev–Trinajstić information content (AvgIpc) is 2.60. The number of aryl methyl sites for hydroxylation is 3. The van der Waals surface area contributed by atoms with Crippen molar-refractivity contribution in [3.8, 4) is 0 Å². The molecule has 2 N–H and O–H groups in total. The van der Waals surface area contributed by atoms with Crippen molar-refractivity contribution in [2.24, 2.45) is 0 Å². The summed E-state index contributed by atoms with van der Waals surface area (Å²) >= 11 is 0. The first-order valence-corrected chi connectivity index (χ1v) is 9.87. The lowest BCUT2D eigenvalue weighted by atomic mass is 9.96. The molecule has 144 valence electrons. The summed E-state index contributed by atoms with van der Waals surface area (Å²) in [7, 11) is 0. The number of aliphatic hydroxyl groups is 2. The Morgan fingerprint density at radius 1 is 1.04 bits per heavy atom. The van der Waals surface area contributed by atoms with Gasteiger partial charge in [-0.3, -0.25) is 9.69 Å². The third-order valence-corrected chi connectivity index (χ3v) is 5.78. The van der Waals surface area contributed by atoms with Gasteiger partial charge in [-0.2, -0.15) is 0 Å². The number of nitrogens with zero attached hydrogens (tertiary/aromatic N) is 2. The van der Waals surface area contributed by atoms with Crippen molar-refractivity contribution in [1.29, 1.82) is 0 Å². The topological polar surface area (TPSA) is 64.0 Å². The van der Waals surface area contributed by atoms with Crippen LogP contribution in [0.4, 0.5) is 0 Å². The van der Waals surface area contributed by atoms with Crippen LogP contribution in [0.2, 0.25) is 0 Å². The molecule has 2 atom stereocenters. The number of piperidine rings is 2. The third-order valence-electron chi connectivity index (χ3n) is 5.78. The number of hydrogen-bond acceptors (Lipinski definition) is 4. The Labute approximate surface area is 156 Å². The van der Waals surface area contributed by atoms with Crippen molar-refractivity contribution in [2.45, 2.75) is 64.2 Å². The molecule has 0 radical (unpaired) electrons. The smallest absolute Gasteiger partial charge is 0.222 e. The van der Waals surface area contributed by atoms with Gasteiger partial charge in [0, 0.05) is 38.6 Å². The Balaban J connectivity index is 1.49. The zero-order valence-corrected chi connectivity index (χ0v) is 16.0. The summed E-state index contributed by atoms with van der Waals surface area (Å²) in [5.74, 6) is 0.135. The van der Waals surface area contributed by atoms with E-state index in [2.05, 4.69) is 36.9 Å². The molecule has 2 fully saturated rings. The van der Waals surface area contributed by atoms with Crippen molar-refractivity contribution >= 4 is 5.91 Å². The van der Waals surface area contributed by atoms with Crippen LogP contribution in [0, 0.1) is 13.8 Å². The lowest BCUT2D eigenvalue weighted by molar-refractivity contribution is -0.136. The number of β-amino-alcohol motifs (C(OH)–C–C–N with tert-alkyl or cyclic N) is 1. The molecule has 3 rings (SSSR count). The van der Waals surface area contributed by atoms with Gasteiger partial charge in [0.15, 0.2) is 0 Å². The largest absolute Gasteiger partial charge is 0.393 e. The Bertz CT molecular complexity index is 605. The highest BCUT2D eigenvalue weighted by atomic mass is 16.3. The first-order chi connectivity index (χ1) is 12.4. The zero-order chi connectivity index (χ0) is 18.7. The van der Waals surface area contributed by atoms with Gasteiger partial charge in [-0.15, -0.1) is 0 Å². The van der Waals surface area contributed by atoms with Crippen LogP contribution in [0.1, 0.15) is 42.4 Å². The Hall–Kier alpha value is -1.43. The maximum Gasteiger partial charge on any atom is 0.222 e. The summed E-state index contributed by atoms with van der Waals surface area (Å²) in [4.78, 5) is 16.7. The molecule has 2 saturated heterocycles. The fraction of sp³-hybridized carbons (Fsp3) is 0.667. The van der Waals surface area contributed by atoms with Crippen LogP contribution in [-0.4, -0.2) is 70.3 Å². The van der Waals surface area contributed by atoms with Gasteiger partial charge in [0.2, 0.25) is 5.91 Å². The van der Waals surface area contributed by atoms with Crippen LogP contribution < -0.4 is 0 Å². The number of aliphatic hydroxyl groups excluding tert-OH is 2. The first-order valence-electron chi connectivity index (χ1n) is 9.87. The van der Waals surface area contributed by atoms with Gasteiger partial charge in [-0.1, -0.05) is 29.3 Å². The van der Waals surface area contributed by atoms with Gasteiger partial charge in [-0.25, -0.2) is 0 Å². The standard InChI is InChI=1S/C21H32N2O3/c1-15-11-16(2)13-17(12-15)3-4-21(26)23-10-7-19(20(25)14-23)22-8-5-18(24)6-9-22/h11-13,18-20,24-25H,3-10,14H2,1-2H3/t19-,20-/m0/s1. The molecule has 5 nitrogen and oxygen atoms in total. The zero-order valence-electron chi connectivity index (χ0n) is 16.0. The SMILES string of the molecule is Cc1cc(C)cc(CCC(=O)N2CC[C@H](N3CCC(O)CC3)[C@@H](O)C2)c1. The lowest BCUT2D eigenvalue weighted by Gasteiger charge is -2.43. The second-order valence-corrected chi connectivity index (χ2v) is 8.03. The number of carbonyl (C=O) groups excluding carboxylic acids is 1. The van der Waals surface area contributed by atoms with E-state index in [1.54, 1.807) is 0 Å². The molecule has 1 aromatic carbocycles. The summed E-state index contributed by atoms with van der Waals surface area (Å²) < 4.78 is 0. The summed E-state index contributed by atoms with van der Waals surface area (Å²) in [5.41, 5.74) is 3.67. The van der Waals surface area contributed by atoms with Crippen molar-refractivity contribution in [3.63, 3.8) is 0 Å². The van der Waals surface area contributed by atoms with E-state index >= 15 is 0 Å². The van der Waals surface area contributed by atoms with Crippen LogP contribution in [0.5, 0.6) is 0 Å². The van der Waals surface area contributed by atoms with Crippen LogP contribution in [0.25, 0.3) is 0 Å². The fourth-order valence-electron chi connectivity index (χ4n) is 4.41. The fourth-order valence-corrected chi connectivity index (χ4v) is 4.41. The molecule has 1 amide bonds. The van der Waals surface area contributed by atoms with Gasteiger partial charge in [0.1, 0.15) is 0 Å². The molecule has 26 heavy (non-hydrogen) atoms. The maximum atomic E-state index is 12.6. The number of amides is 1. The number of benzene rings is 1. The summed E-state index contributed by atoms with van der Waals surface area (Å²) in [6, 6.07) is 6.55. The summed E-state index contributed by atoms with van der Waals surface area (Å²) in [6.07, 6.45) is 2.92. The Morgan fingerprint density at radius 3 is 2.31 bits per heavy atom. The van der Waals surface area contributed by atoms with Crippen LogP contribution >= 0.6 is 0 Å². The minimum Gasteiger partial charge on any atom is -0.393 e. The predicted octanol–water partition coefficient (Wildman–Crippen LogP) is 1.65. The average molecular weight is 360 g/mol. The molecule has 2 aliphatic heterocycles. The minimum atomic E-state index is -0.496. The maximum absolute atomic E-state index is 12.6. The highest BCUT2D eigenvalue weighted by Crippen LogP contribution is 2.22. The van der Waals surface area contributed by atoms with E-state index in [4.69, 9.17) is 0 Å². The second-order valence-electron chi connectivity index (χ2n) is 8.03. The van der Waals surface area contributed by atoms with Crippen molar-refractivity contribution in [2.75, 3.05) is 26.2 Å². The molecule has 1 aromatic rings. The molecule has 2 heterocycles. The molecule has 0 bridgehead atoms. The Morgan fingerprint density at radius 2 is 1.69 bits per heavy atom. The number of likely N-dealkylation sites (tertiary alicyclic amines) is 2. The quantitative estimate of drug-likeness (QED) is 0.857. The van der Waals surface area contributed by atoms with Crippen molar-refractivity contribution in [3.05, 3.63) is 34.9 Å².